The molecule has 3 aromatic rings. The van der Waals surface area contributed by atoms with Crippen molar-refractivity contribution in [3.05, 3.63) is 89.5 Å². The third kappa shape index (κ3) is 5.33. The Kier molecular flexibility index (Phi) is 7.42. The number of nitrogens with zero attached hydrogens (tertiary/aromatic N) is 2. The van der Waals surface area contributed by atoms with Crippen LogP contribution in [0.15, 0.2) is 77.7 Å². The summed E-state index contributed by atoms with van der Waals surface area (Å²) >= 11 is 0. The fourth-order valence-electron chi connectivity index (χ4n) is 4.39. The molecule has 0 unspecified atom stereocenters. The van der Waals surface area contributed by atoms with E-state index in [9.17, 15) is 13.2 Å². The van der Waals surface area contributed by atoms with Crippen LogP contribution in [0.4, 0.5) is 5.69 Å². The van der Waals surface area contributed by atoms with Crippen LogP contribution in [0.25, 0.3) is 0 Å². The molecule has 184 valence electrons. The van der Waals surface area contributed by atoms with Gasteiger partial charge in [0.25, 0.3) is 15.9 Å². The van der Waals surface area contributed by atoms with E-state index >= 15 is 0 Å². The summed E-state index contributed by atoms with van der Waals surface area (Å²) in [6.45, 7) is 0.788. The van der Waals surface area contributed by atoms with E-state index in [1.807, 2.05) is 67.5 Å². The Bertz CT molecular complexity index is 1290. The highest BCUT2D eigenvalue weighted by molar-refractivity contribution is 7.92. The Morgan fingerprint density at radius 1 is 1.06 bits per heavy atom. The average Bonchev–Trinajstić information content (AvgIpc) is 2.88. The predicted octanol–water partition coefficient (Wildman–Crippen LogP) is 3.87. The highest BCUT2D eigenvalue weighted by atomic mass is 32.2. The van der Waals surface area contributed by atoms with Crippen molar-refractivity contribution < 1.29 is 17.9 Å². The van der Waals surface area contributed by atoms with Gasteiger partial charge in [-0.05, 0) is 74.5 Å². The number of amides is 1. The first kappa shape index (κ1) is 24.8. The van der Waals surface area contributed by atoms with E-state index in [2.05, 4.69) is 5.32 Å². The van der Waals surface area contributed by atoms with Crippen molar-refractivity contribution in [1.82, 2.24) is 10.2 Å². The van der Waals surface area contributed by atoms with Crippen LogP contribution in [0.1, 0.15) is 33.9 Å². The van der Waals surface area contributed by atoms with Crippen molar-refractivity contribution in [2.75, 3.05) is 38.6 Å². The molecule has 3 aromatic carbocycles. The lowest BCUT2D eigenvalue weighted by molar-refractivity contribution is 0.0941. The summed E-state index contributed by atoms with van der Waals surface area (Å²) in [5, 5.41) is 2.96. The number of nitrogens with one attached hydrogen (secondary N) is 1. The topological polar surface area (TPSA) is 78.9 Å². The van der Waals surface area contributed by atoms with Gasteiger partial charge in [0.1, 0.15) is 5.75 Å². The first-order valence-electron chi connectivity index (χ1n) is 11.6. The SMILES string of the molecule is COc1ccc([C@@H](CNC(=O)c2cccc(S(=O)(=O)N3CCCc4ccccc43)c2)N(C)C)cc1. The van der Waals surface area contributed by atoms with E-state index in [0.717, 1.165) is 29.7 Å². The molecule has 0 radical (unpaired) electrons. The molecule has 0 bridgehead atoms. The Morgan fingerprint density at radius 2 is 1.80 bits per heavy atom. The molecule has 8 heteroatoms. The summed E-state index contributed by atoms with van der Waals surface area (Å²) in [6, 6.07) is 21.5. The minimum atomic E-state index is -3.79. The van der Waals surface area contributed by atoms with Gasteiger partial charge in [-0.15, -0.1) is 0 Å². The van der Waals surface area contributed by atoms with Crippen molar-refractivity contribution in [2.24, 2.45) is 0 Å². The van der Waals surface area contributed by atoms with Crippen molar-refractivity contribution in [1.29, 1.82) is 0 Å². The number of methoxy groups -OCH3 is 1. The predicted molar refractivity (Wildman–Crippen MR) is 137 cm³/mol. The number of carbonyl (C=O) groups is 1. The molecule has 0 spiro atoms. The number of carbonyl (C=O) groups excluding carboxylic acids is 1. The zero-order chi connectivity index (χ0) is 25.0. The normalized spacial score (nSPS) is 14.3. The lowest BCUT2D eigenvalue weighted by Crippen LogP contribution is -2.36. The van der Waals surface area contributed by atoms with E-state index in [1.165, 1.54) is 10.4 Å². The number of anilines is 1. The quantitative estimate of drug-likeness (QED) is 0.515. The molecule has 1 aliphatic heterocycles. The molecule has 1 amide bonds. The third-order valence-electron chi connectivity index (χ3n) is 6.33. The van der Waals surface area contributed by atoms with E-state index in [4.69, 9.17) is 4.74 Å². The molecule has 0 fully saturated rings. The van der Waals surface area contributed by atoms with Gasteiger partial charge in [-0.2, -0.15) is 0 Å². The summed E-state index contributed by atoms with van der Waals surface area (Å²) in [6.07, 6.45) is 1.61. The minimum absolute atomic E-state index is 0.0541. The molecular weight excluding hydrogens is 462 g/mol. The molecule has 1 N–H and O–H groups in total. The van der Waals surface area contributed by atoms with Gasteiger partial charge in [-0.3, -0.25) is 9.10 Å². The second kappa shape index (κ2) is 10.5. The molecule has 7 nitrogen and oxygen atoms in total. The van der Waals surface area contributed by atoms with Crippen molar-refractivity contribution in [3.8, 4) is 5.75 Å². The number of sulfonamides is 1. The van der Waals surface area contributed by atoms with Gasteiger partial charge in [-0.25, -0.2) is 8.42 Å². The average molecular weight is 494 g/mol. The maximum atomic E-state index is 13.5. The van der Waals surface area contributed by atoms with Crippen molar-refractivity contribution in [2.45, 2.75) is 23.8 Å². The fraction of sp³-hybridized carbons (Fsp3) is 0.296. The number of para-hydroxylation sites is 1. The molecule has 0 aromatic heterocycles. The van der Waals surface area contributed by atoms with Gasteiger partial charge in [0.05, 0.1) is 23.7 Å². The van der Waals surface area contributed by atoms with E-state index < -0.39 is 10.0 Å². The number of hydrogen-bond acceptors (Lipinski definition) is 5. The lowest BCUT2D eigenvalue weighted by atomic mass is 10.0. The maximum absolute atomic E-state index is 13.5. The Hall–Kier alpha value is -3.36. The smallest absolute Gasteiger partial charge is 0.264 e. The number of ether oxygens (including phenoxy) is 1. The largest absolute Gasteiger partial charge is 0.497 e. The first-order chi connectivity index (χ1) is 16.8. The van der Waals surface area contributed by atoms with E-state index in [1.54, 1.807) is 25.3 Å². The molecule has 0 saturated carbocycles. The molecular formula is C27H31N3O4S. The molecule has 35 heavy (non-hydrogen) atoms. The number of aryl methyl sites for hydroxylation is 1. The standard InChI is InChI=1S/C27H31N3O4S/c1-29(2)26(21-13-15-23(34-3)16-14-21)19-28-27(31)22-9-6-11-24(18-22)35(32,33)30-17-7-10-20-8-4-5-12-25(20)30/h4-6,8-9,11-16,18,26H,7,10,17,19H2,1-3H3,(H,28,31)/t26-/m1/s1. The molecule has 1 aliphatic rings. The molecule has 0 aliphatic carbocycles. The van der Waals surface area contributed by atoms with Gasteiger partial charge in [0, 0.05) is 18.7 Å². The van der Waals surface area contributed by atoms with Crippen LogP contribution in [0.3, 0.4) is 0 Å². The van der Waals surface area contributed by atoms with Crippen LogP contribution in [0.5, 0.6) is 5.75 Å². The summed E-state index contributed by atoms with van der Waals surface area (Å²) in [7, 11) is 1.73. The monoisotopic (exact) mass is 493 g/mol. The molecule has 1 heterocycles. The lowest BCUT2D eigenvalue weighted by Gasteiger charge is -2.30. The number of fused-ring (bicyclic) bond motifs is 1. The Morgan fingerprint density at radius 3 is 2.51 bits per heavy atom. The van der Waals surface area contributed by atoms with E-state index in [-0.39, 0.29) is 16.8 Å². The molecule has 0 saturated heterocycles. The van der Waals surface area contributed by atoms with Crippen LogP contribution in [0, 0.1) is 0 Å². The highest BCUT2D eigenvalue weighted by Crippen LogP contribution is 2.32. The van der Waals surface area contributed by atoms with Crippen molar-refractivity contribution in [3.63, 3.8) is 0 Å². The maximum Gasteiger partial charge on any atom is 0.264 e. The summed E-state index contributed by atoms with van der Waals surface area (Å²) in [4.78, 5) is 15.1. The second-order valence-electron chi connectivity index (χ2n) is 8.80. The highest BCUT2D eigenvalue weighted by Gasteiger charge is 2.29. The van der Waals surface area contributed by atoms with Crippen LogP contribution < -0.4 is 14.4 Å². The van der Waals surface area contributed by atoms with Gasteiger partial charge < -0.3 is 15.0 Å². The fourth-order valence-corrected chi connectivity index (χ4v) is 5.98. The van der Waals surface area contributed by atoms with Crippen LogP contribution in [0.2, 0.25) is 0 Å². The van der Waals surface area contributed by atoms with Crippen molar-refractivity contribution >= 4 is 21.6 Å². The van der Waals surface area contributed by atoms with Crippen LogP contribution in [-0.2, 0) is 16.4 Å². The Balaban J connectivity index is 1.52. The molecule has 4 rings (SSSR count). The van der Waals surface area contributed by atoms with Crippen LogP contribution >= 0.6 is 0 Å². The van der Waals surface area contributed by atoms with Gasteiger partial charge in [0.2, 0.25) is 0 Å². The van der Waals surface area contributed by atoms with E-state index in [0.29, 0.717) is 24.3 Å². The summed E-state index contributed by atoms with van der Waals surface area (Å²) in [5.41, 5.74) is 3.08. The second-order valence-corrected chi connectivity index (χ2v) is 10.7. The summed E-state index contributed by atoms with van der Waals surface area (Å²) < 4.78 is 33.7. The molecule has 1 atom stereocenters. The third-order valence-corrected chi connectivity index (χ3v) is 8.14. The number of likely N-dealkylation sites (N-methyl/N-ethyl adjacent to an activating group) is 1. The first-order valence-corrected chi connectivity index (χ1v) is 13.0. The minimum Gasteiger partial charge on any atom is -0.497 e. The van der Waals surface area contributed by atoms with Crippen LogP contribution in [-0.4, -0.2) is 53.5 Å². The van der Waals surface area contributed by atoms with Gasteiger partial charge >= 0.3 is 0 Å². The summed E-state index contributed by atoms with van der Waals surface area (Å²) in [5.74, 6) is 0.450. The zero-order valence-corrected chi connectivity index (χ0v) is 21.1. The Labute approximate surface area is 207 Å². The number of hydrogen-bond donors (Lipinski definition) is 1. The number of rotatable bonds is 8. The number of benzene rings is 3. The van der Waals surface area contributed by atoms with Gasteiger partial charge in [-0.1, -0.05) is 36.4 Å². The zero-order valence-electron chi connectivity index (χ0n) is 20.3. The van der Waals surface area contributed by atoms with Gasteiger partial charge in [0.15, 0.2) is 0 Å².